The quantitative estimate of drug-likeness (QED) is 0.823. The van der Waals surface area contributed by atoms with E-state index in [1.54, 1.807) is 0 Å². The maximum atomic E-state index is 10.1. The third-order valence-electron chi connectivity index (χ3n) is 3.34. The molecule has 96 valence electrons. The van der Waals surface area contributed by atoms with E-state index < -0.39 is 6.10 Å². The molecule has 1 aromatic carbocycles. The molecule has 0 aliphatic carbocycles. The van der Waals surface area contributed by atoms with Crippen LogP contribution >= 0.6 is 0 Å². The Morgan fingerprint density at radius 1 is 1.18 bits per heavy atom. The first kappa shape index (κ1) is 14.2. The normalized spacial score (nSPS) is 14.7. The molecule has 3 N–H and O–H groups in total. The van der Waals surface area contributed by atoms with Crippen LogP contribution in [0.5, 0.6) is 0 Å². The van der Waals surface area contributed by atoms with Gasteiger partial charge in [0.25, 0.3) is 0 Å². The van der Waals surface area contributed by atoms with Crippen molar-refractivity contribution in [1.29, 1.82) is 0 Å². The molecule has 0 fully saturated rings. The van der Waals surface area contributed by atoms with Gasteiger partial charge in [0, 0.05) is 0 Å². The largest absolute Gasteiger partial charge is 0.391 e. The number of aliphatic hydroxyl groups is 1. The Kier molecular flexibility index (Phi) is 5.16. The summed E-state index contributed by atoms with van der Waals surface area (Å²) in [6.45, 7) is 8.35. The van der Waals surface area contributed by atoms with Crippen LogP contribution in [0.1, 0.15) is 54.5 Å². The highest BCUT2D eigenvalue weighted by atomic mass is 16.3. The van der Waals surface area contributed by atoms with Crippen molar-refractivity contribution in [1.82, 2.24) is 0 Å². The zero-order valence-corrected chi connectivity index (χ0v) is 11.5. The van der Waals surface area contributed by atoms with Crippen LogP contribution in [0, 0.1) is 20.8 Å². The van der Waals surface area contributed by atoms with E-state index in [-0.39, 0.29) is 6.04 Å². The highest BCUT2D eigenvalue weighted by Gasteiger charge is 2.19. The predicted molar refractivity (Wildman–Crippen MR) is 73.1 cm³/mol. The topological polar surface area (TPSA) is 46.2 Å². The van der Waals surface area contributed by atoms with Crippen molar-refractivity contribution in [3.8, 4) is 0 Å². The monoisotopic (exact) mass is 235 g/mol. The van der Waals surface area contributed by atoms with Gasteiger partial charge in [0.15, 0.2) is 0 Å². The molecule has 0 aliphatic rings. The molecule has 2 heteroatoms. The molecule has 0 unspecified atom stereocenters. The lowest BCUT2D eigenvalue weighted by molar-refractivity contribution is 0.132. The van der Waals surface area contributed by atoms with Gasteiger partial charge < -0.3 is 10.8 Å². The second kappa shape index (κ2) is 6.18. The minimum absolute atomic E-state index is 0.262. The van der Waals surface area contributed by atoms with Gasteiger partial charge in [0.05, 0.1) is 12.1 Å². The molecule has 17 heavy (non-hydrogen) atoms. The molecule has 1 rings (SSSR count). The number of benzene rings is 1. The van der Waals surface area contributed by atoms with Gasteiger partial charge in [-0.05, 0) is 43.9 Å². The number of rotatable bonds is 5. The van der Waals surface area contributed by atoms with Crippen LogP contribution in [0.25, 0.3) is 0 Å². The summed E-state index contributed by atoms with van der Waals surface area (Å²) in [4.78, 5) is 0. The zero-order chi connectivity index (χ0) is 13.0. The fraction of sp³-hybridized carbons (Fsp3) is 0.600. The molecule has 0 amide bonds. The third-order valence-corrected chi connectivity index (χ3v) is 3.34. The SMILES string of the molecule is CCCC[C@H](O)[C@H](N)c1c(C)cc(C)cc1C. The van der Waals surface area contributed by atoms with Gasteiger partial charge in [-0.15, -0.1) is 0 Å². The Hall–Kier alpha value is -0.860. The average Bonchev–Trinajstić information content (AvgIpc) is 2.24. The Balaban J connectivity index is 2.91. The van der Waals surface area contributed by atoms with Gasteiger partial charge in [-0.1, -0.05) is 37.5 Å². The Morgan fingerprint density at radius 3 is 2.18 bits per heavy atom. The lowest BCUT2D eigenvalue weighted by atomic mass is 9.90. The summed E-state index contributed by atoms with van der Waals surface area (Å²) in [5.41, 5.74) is 10.9. The van der Waals surface area contributed by atoms with Crippen LogP contribution < -0.4 is 5.73 Å². The number of hydrogen-bond acceptors (Lipinski definition) is 2. The first-order chi connectivity index (χ1) is 7.97. The lowest BCUT2D eigenvalue weighted by Crippen LogP contribution is -2.27. The average molecular weight is 235 g/mol. The molecular formula is C15H25NO. The standard InChI is InChI=1S/C15H25NO/c1-5-6-7-13(17)15(16)14-11(3)8-10(2)9-12(14)4/h8-9,13,15,17H,5-7,16H2,1-4H3/t13-,15-/m0/s1. The lowest BCUT2D eigenvalue weighted by Gasteiger charge is -2.23. The van der Waals surface area contributed by atoms with Crippen molar-refractivity contribution in [2.75, 3.05) is 0 Å². The Labute approximate surface area is 105 Å². The van der Waals surface area contributed by atoms with Gasteiger partial charge in [0.2, 0.25) is 0 Å². The molecule has 0 saturated carbocycles. The molecule has 1 aromatic rings. The number of unbranched alkanes of at least 4 members (excludes halogenated alkanes) is 1. The number of hydrogen-bond donors (Lipinski definition) is 2. The van der Waals surface area contributed by atoms with Crippen LogP contribution in [0.2, 0.25) is 0 Å². The molecule has 0 spiro atoms. The van der Waals surface area contributed by atoms with Crippen molar-refractivity contribution in [3.05, 3.63) is 34.4 Å². The maximum absolute atomic E-state index is 10.1. The summed E-state index contributed by atoms with van der Waals surface area (Å²) in [5, 5.41) is 10.1. The first-order valence-electron chi connectivity index (χ1n) is 6.48. The van der Waals surface area contributed by atoms with Crippen molar-refractivity contribution in [3.63, 3.8) is 0 Å². The zero-order valence-electron chi connectivity index (χ0n) is 11.5. The van der Waals surface area contributed by atoms with E-state index in [1.165, 1.54) is 16.7 Å². The summed E-state index contributed by atoms with van der Waals surface area (Å²) < 4.78 is 0. The molecule has 0 bridgehead atoms. The van der Waals surface area contributed by atoms with Gasteiger partial charge in [-0.25, -0.2) is 0 Å². The smallest absolute Gasteiger partial charge is 0.0733 e. The maximum Gasteiger partial charge on any atom is 0.0733 e. The van der Waals surface area contributed by atoms with Crippen LogP contribution in [-0.2, 0) is 0 Å². The number of aliphatic hydroxyl groups excluding tert-OH is 1. The van der Waals surface area contributed by atoms with E-state index in [4.69, 9.17) is 5.73 Å². The van der Waals surface area contributed by atoms with E-state index in [0.717, 1.165) is 24.8 Å². The third kappa shape index (κ3) is 3.55. The molecule has 2 atom stereocenters. The van der Waals surface area contributed by atoms with Crippen molar-refractivity contribution >= 4 is 0 Å². The molecule has 0 heterocycles. The van der Waals surface area contributed by atoms with Crippen LogP contribution in [0.15, 0.2) is 12.1 Å². The van der Waals surface area contributed by atoms with E-state index in [1.807, 2.05) is 0 Å². The fourth-order valence-electron chi connectivity index (χ4n) is 2.50. The second-order valence-electron chi connectivity index (χ2n) is 5.05. The van der Waals surface area contributed by atoms with E-state index in [2.05, 4.69) is 39.8 Å². The predicted octanol–water partition coefficient (Wildman–Crippen LogP) is 3.16. The van der Waals surface area contributed by atoms with Gasteiger partial charge in [-0.2, -0.15) is 0 Å². The summed E-state index contributed by atoms with van der Waals surface area (Å²) in [6, 6.07) is 4.01. The molecule has 0 radical (unpaired) electrons. The molecule has 0 aliphatic heterocycles. The van der Waals surface area contributed by atoms with Crippen LogP contribution in [0.3, 0.4) is 0 Å². The highest BCUT2D eigenvalue weighted by molar-refractivity contribution is 5.39. The Bertz CT molecular complexity index is 350. The molecule has 0 saturated heterocycles. The van der Waals surface area contributed by atoms with Gasteiger partial charge in [-0.3, -0.25) is 0 Å². The second-order valence-corrected chi connectivity index (χ2v) is 5.05. The number of nitrogens with two attached hydrogens (primary N) is 1. The van der Waals surface area contributed by atoms with Crippen LogP contribution in [0.4, 0.5) is 0 Å². The van der Waals surface area contributed by atoms with Crippen molar-refractivity contribution in [2.24, 2.45) is 5.73 Å². The summed E-state index contributed by atoms with van der Waals surface area (Å²) in [7, 11) is 0. The molecular weight excluding hydrogens is 210 g/mol. The minimum Gasteiger partial charge on any atom is -0.391 e. The van der Waals surface area contributed by atoms with Gasteiger partial charge in [0.1, 0.15) is 0 Å². The number of aryl methyl sites for hydroxylation is 3. The summed E-state index contributed by atoms with van der Waals surface area (Å²) in [5.74, 6) is 0. The van der Waals surface area contributed by atoms with Gasteiger partial charge >= 0.3 is 0 Å². The van der Waals surface area contributed by atoms with Crippen molar-refractivity contribution < 1.29 is 5.11 Å². The molecule has 0 aromatic heterocycles. The van der Waals surface area contributed by atoms with E-state index >= 15 is 0 Å². The summed E-state index contributed by atoms with van der Waals surface area (Å²) in [6.07, 6.45) is 2.47. The van der Waals surface area contributed by atoms with Crippen molar-refractivity contribution in [2.45, 2.75) is 59.1 Å². The Morgan fingerprint density at radius 2 is 1.71 bits per heavy atom. The van der Waals surface area contributed by atoms with E-state index in [9.17, 15) is 5.11 Å². The minimum atomic E-state index is -0.435. The first-order valence-corrected chi connectivity index (χ1v) is 6.48. The van der Waals surface area contributed by atoms with E-state index in [0.29, 0.717) is 0 Å². The molecule has 2 nitrogen and oxygen atoms in total. The highest BCUT2D eigenvalue weighted by Crippen LogP contribution is 2.26. The van der Waals surface area contributed by atoms with Crippen LogP contribution in [-0.4, -0.2) is 11.2 Å². The summed E-state index contributed by atoms with van der Waals surface area (Å²) >= 11 is 0. The fourth-order valence-corrected chi connectivity index (χ4v) is 2.50.